The highest BCUT2D eigenvalue weighted by Gasteiger charge is 2.26. The molecule has 0 fully saturated rings. The molecule has 1 atom stereocenters. The highest BCUT2D eigenvalue weighted by molar-refractivity contribution is 6.04. The number of hydrogen-bond acceptors (Lipinski definition) is 3. The minimum atomic E-state index is -0.852. The third kappa shape index (κ3) is 2.33. The van der Waals surface area contributed by atoms with Crippen LogP contribution in [0.15, 0.2) is 36.7 Å². The van der Waals surface area contributed by atoms with Crippen LogP contribution in [0.3, 0.4) is 0 Å². The van der Waals surface area contributed by atoms with E-state index in [1.807, 2.05) is 31.2 Å². The van der Waals surface area contributed by atoms with Gasteiger partial charge in [-0.25, -0.2) is 0 Å². The van der Waals surface area contributed by atoms with E-state index in [1.165, 1.54) is 0 Å². The Morgan fingerprint density at radius 2 is 2.22 bits per heavy atom. The summed E-state index contributed by atoms with van der Waals surface area (Å²) in [5.41, 5.74) is 5.84. The van der Waals surface area contributed by atoms with Crippen LogP contribution >= 0.6 is 0 Å². The van der Waals surface area contributed by atoms with Gasteiger partial charge >= 0.3 is 0 Å². The van der Waals surface area contributed by atoms with Crippen molar-refractivity contribution in [3.05, 3.63) is 36.7 Å². The second-order valence-corrected chi connectivity index (χ2v) is 4.63. The number of hydrogen-bond donors (Lipinski definition) is 2. The second-order valence-electron chi connectivity index (χ2n) is 4.63. The molecule has 0 saturated heterocycles. The lowest BCUT2D eigenvalue weighted by Crippen LogP contribution is -2.47. The number of anilines is 1. The lowest BCUT2D eigenvalue weighted by molar-refractivity contribution is -0.120. The Morgan fingerprint density at radius 1 is 1.44 bits per heavy atom. The van der Waals surface area contributed by atoms with Crippen LogP contribution < -0.4 is 11.1 Å². The van der Waals surface area contributed by atoms with E-state index in [1.54, 1.807) is 19.3 Å². The van der Waals surface area contributed by atoms with E-state index in [0.29, 0.717) is 6.42 Å². The van der Waals surface area contributed by atoms with Crippen LogP contribution in [0.5, 0.6) is 0 Å². The molecule has 3 N–H and O–H groups in total. The Hall–Kier alpha value is -1.94. The SMILES string of the molecule is CCC(C)(N)C(=O)Nc1cccc2cnccc12. The molecule has 4 heteroatoms. The molecule has 4 nitrogen and oxygen atoms in total. The van der Waals surface area contributed by atoms with Crippen molar-refractivity contribution in [2.24, 2.45) is 5.73 Å². The average molecular weight is 243 g/mol. The van der Waals surface area contributed by atoms with Gasteiger partial charge in [0.05, 0.1) is 5.54 Å². The number of benzene rings is 1. The predicted octanol–water partition coefficient (Wildman–Crippen LogP) is 2.30. The standard InChI is InChI=1S/C14H17N3O/c1-3-14(2,15)13(18)17-12-6-4-5-10-9-16-8-7-11(10)12/h4-9H,3,15H2,1-2H3,(H,17,18). The zero-order chi connectivity index (χ0) is 13.2. The fourth-order valence-electron chi connectivity index (χ4n) is 1.66. The van der Waals surface area contributed by atoms with Crippen molar-refractivity contribution in [1.82, 2.24) is 4.98 Å². The van der Waals surface area contributed by atoms with Gasteiger partial charge in [0.25, 0.3) is 0 Å². The van der Waals surface area contributed by atoms with E-state index < -0.39 is 5.54 Å². The molecule has 0 spiro atoms. The van der Waals surface area contributed by atoms with E-state index in [0.717, 1.165) is 16.5 Å². The van der Waals surface area contributed by atoms with Crippen LogP contribution in [0, 0.1) is 0 Å². The molecule has 0 radical (unpaired) electrons. The molecule has 2 aromatic rings. The smallest absolute Gasteiger partial charge is 0.244 e. The molecule has 1 aromatic heterocycles. The Labute approximate surface area is 106 Å². The molecule has 18 heavy (non-hydrogen) atoms. The molecular weight excluding hydrogens is 226 g/mol. The summed E-state index contributed by atoms with van der Waals surface area (Å²) in [6.07, 6.45) is 4.07. The van der Waals surface area contributed by atoms with Crippen molar-refractivity contribution in [2.45, 2.75) is 25.8 Å². The van der Waals surface area contributed by atoms with Crippen molar-refractivity contribution >= 4 is 22.4 Å². The van der Waals surface area contributed by atoms with Crippen LogP contribution in [0.4, 0.5) is 5.69 Å². The van der Waals surface area contributed by atoms with E-state index in [4.69, 9.17) is 5.73 Å². The van der Waals surface area contributed by atoms with Crippen molar-refractivity contribution < 1.29 is 4.79 Å². The summed E-state index contributed by atoms with van der Waals surface area (Å²) in [6.45, 7) is 3.63. The first-order chi connectivity index (χ1) is 8.54. The van der Waals surface area contributed by atoms with Gasteiger partial charge in [-0.2, -0.15) is 0 Å². The Bertz CT molecular complexity index is 573. The fraction of sp³-hybridized carbons (Fsp3) is 0.286. The number of amides is 1. The van der Waals surface area contributed by atoms with E-state index in [9.17, 15) is 4.79 Å². The number of carbonyl (C=O) groups excluding carboxylic acids is 1. The summed E-state index contributed by atoms with van der Waals surface area (Å²) < 4.78 is 0. The Morgan fingerprint density at radius 3 is 2.94 bits per heavy atom. The zero-order valence-corrected chi connectivity index (χ0v) is 10.6. The van der Waals surface area contributed by atoms with Gasteiger partial charge in [-0.15, -0.1) is 0 Å². The zero-order valence-electron chi connectivity index (χ0n) is 10.6. The first-order valence-electron chi connectivity index (χ1n) is 5.97. The maximum absolute atomic E-state index is 12.1. The van der Waals surface area contributed by atoms with Crippen molar-refractivity contribution in [1.29, 1.82) is 0 Å². The van der Waals surface area contributed by atoms with Crippen LogP contribution in [0.2, 0.25) is 0 Å². The maximum Gasteiger partial charge on any atom is 0.244 e. The van der Waals surface area contributed by atoms with Crippen LogP contribution in [-0.4, -0.2) is 16.4 Å². The summed E-state index contributed by atoms with van der Waals surface area (Å²) in [5.74, 6) is -0.172. The summed E-state index contributed by atoms with van der Waals surface area (Å²) in [6, 6.07) is 7.59. The summed E-state index contributed by atoms with van der Waals surface area (Å²) in [4.78, 5) is 16.1. The van der Waals surface area contributed by atoms with Gasteiger partial charge in [-0.3, -0.25) is 9.78 Å². The number of aromatic nitrogens is 1. The normalized spacial score (nSPS) is 14.2. The molecule has 0 aliphatic rings. The number of fused-ring (bicyclic) bond motifs is 1. The molecule has 0 bridgehead atoms. The largest absolute Gasteiger partial charge is 0.324 e. The topological polar surface area (TPSA) is 68.0 Å². The summed E-state index contributed by atoms with van der Waals surface area (Å²) in [7, 11) is 0. The minimum absolute atomic E-state index is 0.172. The number of nitrogens with zero attached hydrogens (tertiary/aromatic N) is 1. The molecule has 1 heterocycles. The first-order valence-corrected chi connectivity index (χ1v) is 5.97. The van der Waals surface area contributed by atoms with Gasteiger partial charge in [0.1, 0.15) is 0 Å². The lowest BCUT2D eigenvalue weighted by Gasteiger charge is -2.22. The molecule has 1 unspecified atom stereocenters. The van der Waals surface area contributed by atoms with E-state index in [-0.39, 0.29) is 5.91 Å². The molecule has 1 amide bonds. The van der Waals surface area contributed by atoms with Crippen LogP contribution in [0.25, 0.3) is 10.8 Å². The van der Waals surface area contributed by atoms with E-state index in [2.05, 4.69) is 10.3 Å². The summed E-state index contributed by atoms with van der Waals surface area (Å²) in [5, 5.41) is 4.84. The van der Waals surface area contributed by atoms with Crippen LogP contribution in [-0.2, 0) is 4.79 Å². The monoisotopic (exact) mass is 243 g/mol. The van der Waals surface area contributed by atoms with E-state index >= 15 is 0 Å². The Balaban J connectivity index is 2.36. The van der Waals surface area contributed by atoms with Crippen molar-refractivity contribution in [3.8, 4) is 0 Å². The van der Waals surface area contributed by atoms with Crippen LogP contribution in [0.1, 0.15) is 20.3 Å². The second kappa shape index (κ2) is 4.74. The molecule has 0 saturated carbocycles. The first kappa shape index (κ1) is 12.5. The average Bonchev–Trinajstić information content (AvgIpc) is 2.39. The molecular formula is C14H17N3O. The number of nitrogens with one attached hydrogen (secondary N) is 1. The highest BCUT2D eigenvalue weighted by atomic mass is 16.2. The summed E-state index contributed by atoms with van der Waals surface area (Å²) >= 11 is 0. The number of pyridine rings is 1. The molecule has 0 aliphatic carbocycles. The third-order valence-corrected chi connectivity index (χ3v) is 3.18. The third-order valence-electron chi connectivity index (χ3n) is 3.18. The van der Waals surface area contributed by atoms with Crippen molar-refractivity contribution in [3.63, 3.8) is 0 Å². The highest BCUT2D eigenvalue weighted by Crippen LogP contribution is 2.23. The van der Waals surface area contributed by atoms with Crippen molar-refractivity contribution in [2.75, 3.05) is 5.32 Å². The maximum atomic E-state index is 12.1. The van der Waals surface area contributed by atoms with Gasteiger partial charge in [0.15, 0.2) is 0 Å². The number of rotatable bonds is 3. The predicted molar refractivity (Wildman–Crippen MR) is 73.3 cm³/mol. The van der Waals surface area contributed by atoms with Gasteiger partial charge < -0.3 is 11.1 Å². The lowest BCUT2D eigenvalue weighted by atomic mass is 9.99. The van der Waals surface area contributed by atoms with Gasteiger partial charge in [0.2, 0.25) is 5.91 Å². The number of carbonyl (C=O) groups is 1. The molecule has 2 rings (SSSR count). The molecule has 1 aromatic carbocycles. The Kier molecular flexibility index (Phi) is 3.30. The minimum Gasteiger partial charge on any atom is -0.324 e. The molecule has 94 valence electrons. The van der Waals surface area contributed by atoms with Gasteiger partial charge in [-0.05, 0) is 25.5 Å². The number of nitrogens with two attached hydrogens (primary N) is 1. The van der Waals surface area contributed by atoms with Gasteiger partial charge in [-0.1, -0.05) is 19.1 Å². The van der Waals surface area contributed by atoms with Gasteiger partial charge in [0, 0.05) is 28.9 Å². The quantitative estimate of drug-likeness (QED) is 0.869. The molecule has 0 aliphatic heterocycles. The fourth-order valence-corrected chi connectivity index (χ4v) is 1.66.